The predicted molar refractivity (Wildman–Crippen MR) is 81.0 cm³/mol. The molecule has 1 saturated heterocycles. The summed E-state index contributed by atoms with van der Waals surface area (Å²) in [5.41, 5.74) is 2.07. The van der Waals surface area contributed by atoms with Crippen LogP contribution in [0.2, 0.25) is 0 Å². The largest absolute Gasteiger partial charge is 0.494 e. The number of hydrogen-bond donors (Lipinski definition) is 1. The smallest absolute Gasteiger partial charge is 0.145 e. The van der Waals surface area contributed by atoms with Crippen molar-refractivity contribution in [2.24, 2.45) is 0 Å². The van der Waals surface area contributed by atoms with E-state index in [4.69, 9.17) is 9.72 Å². The van der Waals surface area contributed by atoms with Gasteiger partial charge in [-0.25, -0.2) is 4.98 Å². The van der Waals surface area contributed by atoms with Crippen molar-refractivity contribution in [3.8, 4) is 5.75 Å². The Labute approximate surface area is 119 Å². The van der Waals surface area contributed by atoms with Crippen molar-refractivity contribution in [1.29, 1.82) is 0 Å². The summed E-state index contributed by atoms with van der Waals surface area (Å²) < 4.78 is 5.40. The molecule has 0 aliphatic carbocycles. The van der Waals surface area contributed by atoms with Gasteiger partial charge in [0.2, 0.25) is 0 Å². The van der Waals surface area contributed by atoms with Gasteiger partial charge in [0.05, 0.1) is 12.8 Å². The Hall–Kier alpha value is -1.65. The maximum absolute atomic E-state index is 5.40. The third-order valence-corrected chi connectivity index (χ3v) is 4.03. The number of nitrogens with one attached hydrogen (secondary N) is 1. The van der Waals surface area contributed by atoms with Crippen LogP contribution in [-0.2, 0) is 6.54 Å². The summed E-state index contributed by atoms with van der Waals surface area (Å²) in [5, 5.41) is 4.47. The van der Waals surface area contributed by atoms with Crippen molar-refractivity contribution in [3.63, 3.8) is 0 Å². The molecular formula is C16H21N3O. The first-order valence-corrected chi connectivity index (χ1v) is 7.12. The fourth-order valence-electron chi connectivity index (χ4n) is 2.85. The summed E-state index contributed by atoms with van der Waals surface area (Å²) in [4.78, 5) is 7.22. The molecule has 0 bridgehead atoms. The van der Waals surface area contributed by atoms with Gasteiger partial charge in [0, 0.05) is 31.1 Å². The quantitative estimate of drug-likeness (QED) is 0.923. The molecule has 4 heteroatoms. The molecule has 2 aromatic rings. The Morgan fingerprint density at radius 2 is 2.25 bits per heavy atom. The number of rotatable bonds is 4. The van der Waals surface area contributed by atoms with Gasteiger partial charge in [-0.3, -0.25) is 4.90 Å². The van der Waals surface area contributed by atoms with Gasteiger partial charge in [-0.05, 0) is 25.6 Å². The number of likely N-dealkylation sites (tertiary alicyclic amines) is 1. The number of hydrogen-bond acceptors (Lipinski definition) is 4. The molecule has 1 aromatic carbocycles. The minimum Gasteiger partial charge on any atom is -0.494 e. The van der Waals surface area contributed by atoms with Crippen LogP contribution in [0.4, 0.5) is 0 Å². The summed E-state index contributed by atoms with van der Waals surface area (Å²) in [6.07, 6.45) is 1.22. The predicted octanol–water partition coefficient (Wildman–Crippen LogP) is 2.04. The van der Waals surface area contributed by atoms with E-state index >= 15 is 0 Å². The topological polar surface area (TPSA) is 37.4 Å². The summed E-state index contributed by atoms with van der Waals surface area (Å²) in [6, 6.07) is 10.9. The molecular weight excluding hydrogens is 250 g/mol. The number of methoxy groups -OCH3 is 1. The maximum Gasteiger partial charge on any atom is 0.145 e. The normalized spacial score (nSPS) is 19.6. The molecule has 1 aliphatic heterocycles. The third kappa shape index (κ3) is 2.62. The first-order valence-electron chi connectivity index (χ1n) is 7.12. The number of aromatic nitrogens is 1. The zero-order valence-electron chi connectivity index (χ0n) is 12.1. The zero-order valence-corrected chi connectivity index (χ0v) is 12.1. The average molecular weight is 271 g/mol. The second kappa shape index (κ2) is 5.77. The van der Waals surface area contributed by atoms with E-state index in [0.717, 1.165) is 42.0 Å². The molecule has 1 atom stereocenters. The van der Waals surface area contributed by atoms with Crippen molar-refractivity contribution in [2.75, 3.05) is 27.2 Å². The van der Waals surface area contributed by atoms with Gasteiger partial charge in [0.25, 0.3) is 0 Å². The Morgan fingerprint density at radius 3 is 3.00 bits per heavy atom. The van der Waals surface area contributed by atoms with Gasteiger partial charge in [0.1, 0.15) is 11.3 Å². The molecule has 1 aromatic heterocycles. The van der Waals surface area contributed by atoms with E-state index in [-0.39, 0.29) is 0 Å². The maximum atomic E-state index is 5.40. The lowest BCUT2D eigenvalue weighted by atomic mass is 10.2. The highest BCUT2D eigenvalue weighted by molar-refractivity contribution is 5.84. The fourth-order valence-corrected chi connectivity index (χ4v) is 2.85. The van der Waals surface area contributed by atoms with Gasteiger partial charge in [0.15, 0.2) is 0 Å². The lowest BCUT2D eigenvalue weighted by Gasteiger charge is -2.16. The van der Waals surface area contributed by atoms with Gasteiger partial charge in [-0.2, -0.15) is 0 Å². The molecule has 20 heavy (non-hydrogen) atoms. The van der Waals surface area contributed by atoms with E-state index in [9.17, 15) is 0 Å². The van der Waals surface area contributed by atoms with Gasteiger partial charge in [-0.1, -0.05) is 18.2 Å². The number of para-hydroxylation sites is 1. The monoisotopic (exact) mass is 271 g/mol. The Balaban J connectivity index is 1.82. The number of likely N-dealkylation sites (N-methyl/N-ethyl adjacent to an activating group) is 1. The van der Waals surface area contributed by atoms with Crippen LogP contribution in [-0.4, -0.2) is 43.2 Å². The van der Waals surface area contributed by atoms with Crippen molar-refractivity contribution in [3.05, 3.63) is 36.0 Å². The van der Waals surface area contributed by atoms with E-state index in [0.29, 0.717) is 6.04 Å². The third-order valence-electron chi connectivity index (χ3n) is 4.03. The second-order valence-corrected chi connectivity index (χ2v) is 5.34. The number of ether oxygens (including phenoxy) is 1. The highest BCUT2D eigenvalue weighted by Gasteiger charge is 2.21. The molecule has 1 N–H and O–H groups in total. The van der Waals surface area contributed by atoms with Crippen LogP contribution < -0.4 is 10.1 Å². The molecule has 0 saturated carbocycles. The van der Waals surface area contributed by atoms with E-state index in [2.05, 4.69) is 28.4 Å². The van der Waals surface area contributed by atoms with Crippen LogP contribution in [0.5, 0.6) is 5.75 Å². The van der Waals surface area contributed by atoms with E-state index in [1.165, 1.54) is 6.42 Å². The Kier molecular flexibility index (Phi) is 3.85. The SMILES string of the molecule is CNC1CCN(Cc2ccc3cccc(OC)c3n2)C1. The number of fused-ring (bicyclic) bond motifs is 1. The minimum absolute atomic E-state index is 0.616. The van der Waals surface area contributed by atoms with Crippen LogP contribution in [0.3, 0.4) is 0 Å². The van der Waals surface area contributed by atoms with E-state index < -0.39 is 0 Å². The van der Waals surface area contributed by atoms with Crippen LogP contribution in [0, 0.1) is 0 Å². The molecule has 1 aliphatic rings. The van der Waals surface area contributed by atoms with Crippen molar-refractivity contribution in [2.45, 2.75) is 19.0 Å². The first-order chi connectivity index (χ1) is 9.80. The number of benzene rings is 1. The van der Waals surface area contributed by atoms with E-state index in [1.807, 2.05) is 19.2 Å². The first kappa shape index (κ1) is 13.3. The van der Waals surface area contributed by atoms with Crippen molar-refractivity contribution >= 4 is 10.9 Å². The molecule has 0 spiro atoms. The second-order valence-electron chi connectivity index (χ2n) is 5.34. The summed E-state index contributed by atoms with van der Waals surface area (Å²) in [5.74, 6) is 0.846. The van der Waals surface area contributed by atoms with Crippen LogP contribution in [0.25, 0.3) is 10.9 Å². The lowest BCUT2D eigenvalue weighted by molar-refractivity contribution is 0.319. The van der Waals surface area contributed by atoms with Crippen LogP contribution >= 0.6 is 0 Å². The Morgan fingerprint density at radius 1 is 1.35 bits per heavy atom. The molecule has 0 amide bonds. The average Bonchev–Trinajstić information content (AvgIpc) is 2.94. The van der Waals surface area contributed by atoms with Crippen molar-refractivity contribution in [1.82, 2.24) is 15.2 Å². The van der Waals surface area contributed by atoms with Gasteiger partial charge >= 0.3 is 0 Å². The highest BCUT2D eigenvalue weighted by atomic mass is 16.5. The summed E-state index contributed by atoms with van der Waals surface area (Å²) >= 11 is 0. The Bertz CT molecular complexity index is 599. The number of nitrogens with zero attached hydrogens (tertiary/aromatic N) is 2. The zero-order chi connectivity index (χ0) is 13.9. The molecule has 1 fully saturated rings. The van der Waals surface area contributed by atoms with Crippen molar-refractivity contribution < 1.29 is 4.74 Å². The highest BCUT2D eigenvalue weighted by Crippen LogP contribution is 2.24. The van der Waals surface area contributed by atoms with E-state index in [1.54, 1.807) is 7.11 Å². The number of pyridine rings is 1. The molecule has 4 nitrogen and oxygen atoms in total. The lowest BCUT2D eigenvalue weighted by Crippen LogP contribution is -2.29. The summed E-state index contributed by atoms with van der Waals surface area (Å²) in [7, 11) is 3.73. The molecule has 0 radical (unpaired) electrons. The van der Waals surface area contributed by atoms with Gasteiger partial charge in [-0.15, -0.1) is 0 Å². The van der Waals surface area contributed by atoms with Gasteiger partial charge < -0.3 is 10.1 Å². The minimum atomic E-state index is 0.616. The molecule has 1 unspecified atom stereocenters. The standard InChI is InChI=1S/C16H21N3O/c1-17-13-8-9-19(10-13)11-14-7-6-12-4-3-5-15(20-2)16(12)18-14/h3-7,13,17H,8-11H2,1-2H3. The molecule has 3 rings (SSSR count). The summed E-state index contributed by atoms with van der Waals surface area (Å²) in [6.45, 7) is 3.14. The van der Waals surface area contributed by atoms with Crippen LogP contribution in [0.1, 0.15) is 12.1 Å². The fraction of sp³-hybridized carbons (Fsp3) is 0.438. The molecule has 106 valence electrons. The van der Waals surface area contributed by atoms with Crippen LogP contribution in [0.15, 0.2) is 30.3 Å². The molecule has 2 heterocycles.